The molecule has 11 nitrogen and oxygen atoms in total. The largest absolute Gasteiger partial charge is 0.491 e. The number of benzene rings is 3. The van der Waals surface area contributed by atoms with E-state index in [-0.39, 0.29) is 17.6 Å². The number of hydrogen-bond donors (Lipinski definition) is 3. The van der Waals surface area contributed by atoms with E-state index in [1.165, 1.54) is 33.2 Å². The fourth-order valence-electron chi connectivity index (χ4n) is 5.19. The highest BCUT2D eigenvalue weighted by Crippen LogP contribution is 2.47. The normalized spacial score (nSPS) is 13.8. The van der Waals surface area contributed by atoms with Crippen LogP contribution in [-0.2, 0) is 0 Å². The van der Waals surface area contributed by atoms with Gasteiger partial charge in [-0.1, -0.05) is 115 Å². The lowest BCUT2D eigenvalue weighted by molar-refractivity contribution is -0.429. The summed E-state index contributed by atoms with van der Waals surface area (Å²) in [5.74, 6) is 0.216. The molecule has 0 aliphatic carbocycles. The van der Waals surface area contributed by atoms with Crippen LogP contribution in [0.25, 0.3) is 0 Å². The van der Waals surface area contributed by atoms with Crippen LogP contribution in [0.5, 0.6) is 0 Å². The van der Waals surface area contributed by atoms with Crippen LogP contribution in [0.15, 0.2) is 123 Å². The fraction of sp³-hybridized carbons (Fsp3) is 0.219. The summed E-state index contributed by atoms with van der Waals surface area (Å²) in [5.41, 5.74) is 6.52. The minimum atomic E-state index is -2.80. The van der Waals surface area contributed by atoms with Gasteiger partial charge in [0.05, 0.1) is 18.8 Å². The van der Waals surface area contributed by atoms with E-state index in [1.807, 2.05) is 67.1 Å². The molecule has 0 saturated carbocycles. The SMILES string of the molecule is CSC1=NNC(C)=C(O)N1N/C(=N/n1c(SC)nnc(C)c1=O)[N+](C(C)C)=P(c1ccccc1)(c1ccccc1)c1ccccc1. The van der Waals surface area contributed by atoms with Crippen molar-refractivity contribution in [2.75, 3.05) is 12.5 Å². The molecule has 0 spiro atoms. The lowest BCUT2D eigenvalue weighted by Crippen LogP contribution is -2.53. The Labute approximate surface area is 277 Å². The lowest BCUT2D eigenvalue weighted by Gasteiger charge is -2.34. The number of guanidine groups is 1. The summed E-state index contributed by atoms with van der Waals surface area (Å²) >= 11 is 2.60. The van der Waals surface area contributed by atoms with Gasteiger partial charge in [0.25, 0.3) is 0 Å². The molecule has 0 bridgehead atoms. The average molecular weight is 675 g/mol. The van der Waals surface area contributed by atoms with Gasteiger partial charge >= 0.3 is 11.5 Å². The molecule has 46 heavy (non-hydrogen) atoms. The van der Waals surface area contributed by atoms with E-state index in [0.717, 1.165) is 15.9 Å². The van der Waals surface area contributed by atoms with Gasteiger partial charge in [-0.25, -0.2) is 4.33 Å². The van der Waals surface area contributed by atoms with E-state index in [9.17, 15) is 9.90 Å². The molecule has 5 rings (SSSR count). The molecule has 3 aromatic carbocycles. The Kier molecular flexibility index (Phi) is 10.4. The summed E-state index contributed by atoms with van der Waals surface area (Å²) < 4.78 is 3.51. The number of hydrogen-bond acceptors (Lipinski definition) is 10. The summed E-state index contributed by atoms with van der Waals surface area (Å²) in [6.45, 7) is 7.53. The van der Waals surface area contributed by atoms with E-state index in [2.05, 4.69) is 80.7 Å². The maximum atomic E-state index is 13.7. The van der Waals surface area contributed by atoms with Crippen molar-refractivity contribution in [1.29, 1.82) is 0 Å². The Bertz CT molecular complexity index is 1810. The van der Waals surface area contributed by atoms with Crippen LogP contribution in [-0.4, -0.2) is 59.0 Å². The van der Waals surface area contributed by atoms with Gasteiger partial charge in [-0.15, -0.1) is 25.0 Å². The minimum Gasteiger partial charge on any atom is -0.491 e. The second-order valence-electron chi connectivity index (χ2n) is 10.5. The number of rotatable bonds is 7. The van der Waals surface area contributed by atoms with Gasteiger partial charge in [-0.05, 0) is 40.2 Å². The Hall–Kier alpha value is -4.32. The molecular weight excluding hydrogens is 638 g/mol. The third kappa shape index (κ3) is 6.22. The van der Waals surface area contributed by atoms with Crippen molar-refractivity contribution in [3.63, 3.8) is 0 Å². The molecule has 0 amide bonds. The molecule has 238 valence electrons. The smallest absolute Gasteiger partial charge is 0.434 e. The van der Waals surface area contributed by atoms with Crippen molar-refractivity contribution in [1.82, 2.24) is 30.7 Å². The maximum Gasteiger partial charge on any atom is 0.434 e. The highest BCUT2D eigenvalue weighted by molar-refractivity contribution is 8.13. The first-order valence-corrected chi connectivity index (χ1v) is 18.7. The number of aryl methyl sites for hydroxylation is 1. The Balaban J connectivity index is 2.03. The topological polar surface area (TPSA) is 123 Å². The molecule has 0 fully saturated rings. The highest BCUT2D eigenvalue weighted by atomic mass is 32.2. The number of hydrazone groups is 1. The Morgan fingerprint density at radius 1 is 0.891 bits per heavy atom. The van der Waals surface area contributed by atoms with Gasteiger partial charge in [-0.3, -0.25) is 10.2 Å². The van der Waals surface area contributed by atoms with E-state index < -0.39 is 12.6 Å². The molecule has 0 radical (unpaired) electrons. The van der Waals surface area contributed by atoms with E-state index in [4.69, 9.17) is 5.10 Å². The van der Waals surface area contributed by atoms with Crippen LogP contribution in [0.2, 0.25) is 0 Å². The van der Waals surface area contributed by atoms with Gasteiger partial charge < -0.3 is 5.11 Å². The Morgan fingerprint density at radius 2 is 1.41 bits per heavy atom. The van der Waals surface area contributed by atoms with Crippen LogP contribution >= 0.6 is 30.6 Å². The minimum absolute atomic E-state index is 0.0831. The third-order valence-electron chi connectivity index (χ3n) is 7.22. The average Bonchev–Trinajstić information content (AvgIpc) is 3.08. The first kappa shape index (κ1) is 33.1. The quantitative estimate of drug-likeness (QED) is 0.115. The molecular formula is C32H37N9O2PS2+. The van der Waals surface area contributed by atoms with Crippen molar-refractivity contribution in [2.24, 2.45) is 10.2 Å². The van der Waals surface area contributed by atoms with Crippen LogP contribution in [0.1, 0.15) is 26.5 Å². The number of aromatic nitrogens is 3. The zero-order chi connectivity index (χ0) is 32.8. The summed E-state index contributed by atoms with van der Waals surface area (Å²) in [6, 6.07) is 30.9. The van der Waals surface area contributed by atoms with Crippen LogP contribution < -0.4 is 32.3 Å². The molecule has 1 aliphatic rings. The van der Waals surface area contributed by atoms with E-state index in [1.54, 1.807) is 13.8 Å². The number of nitrogens with zero attached hydrogens (tertiary/aromatic N) is 7. The van der Waals surface area contributed by atoms with Crippen molar-refractivity contribution >= 4 is 57.6 Å². The zero-order valence-electron chi connectivity index (χ0n) is 26.5. The van der Waals surface area contributed by atoms with Gasteiger partial charge in [0.15, 0.2) is 0 Å². The fourth-order valence-corrected chi connectivity index (χ4v) is 10.6. The second kappa shape index (κ2) is 14.4. The molecule has 4 aromatic rings. The maximum absolute atomic E-state index is 13.7. The zero-order valence-corrected chi connectivity index (χ0v) is 29.0. The van der Waals surface area contributed by atoms with Crippen molar-refractivity contribution in [3.8, 4) is 0 Å². The molecule has 1 aromatic heterocycles. The van der Waals surface area contributed by atoms with Crippen LogP contribution in [0.3, 0.4) is 0 Å². The molecule has 3 N–H and O–H groups in total. The number of nitrogens with one attached hydrogen (secondary N) is 2. The van der Waals surface area contributed by atoms with E-state index >= 15 is 0 Å². The van der Waals surface area contributed by atoms with Gasteiger partial charge in [0.1, 0.15) is 5.69 Å². The van der Waals surface area contributed by atoms with E-state index in [0.29, 0.717) is 22.0 Å². The van der Waals surface area contributed by atoms with Gasteiger partial charge in [-0.2, -0.15) is 5.43 Å². The Morgan fingerprint density at radius 3 is 1.87 bits per heavy atom. The predicted octanol–water partition coefficient (Wildman–Crippen LogP) is 4.18. The first-order valence-electron chi connectivity index (χ1n) is 14.5. The number of thioether (sulfide) groups is 2. The van der Waals surface area contributed by atoms with Gasteiger partial charge in [0.2, 0.25) is 16.2 Å². The van der Waals surface area contributed by atoms with Crippen molar-refractivity contribution in [2.45, 2.75) is 38.9 Å². The van der Waals surface area contributed by atoms with Crippen LogP contribution in [0.4, 0.5) is 0 Å². The molecule has 2 heterocycles. The standard InChI is InChI=1S/C32H36N9O2PS2/c1-22(2)41(44(25-16-10-7-11-17-25,26-18-12-8-13-19-26)27-20-14-9-15-21-27)30(37-39-28(42)23(3)33-35-31(39)45-5)38-40-29(43)24(4)34-36-32(40)46-6/h7-22H,1-6H3,(H2-,33,34,37,38,42,43)/p+1. The molecule has 0 saturated heterocycles. The molecule has 0 atom stereocenters. The number of allylic oxidation sites excluding steroid dienone is 1. The van der Waals surface area contributed by atoms with Crippen molar-refractivity contribution in [3.05, 3.63) is 119 Å². The first-order chi connectivity index (χ1) is 22.2. The number of aliphatic hydroxyl groups excluding tert-OH is 1. The third-order valence-corrected chi connectivity index (χ3v) is 12.9. The van der Waals surface area contributed by atoms with Crippen LogP contribution in [0, 0.1) is 6.92 Å². The van der Waals surface area contributed by atoms with Gasteiger partial charge in [0, 0.05) is 21.0 Å². The molecule has 1 aliphatic heterocycles. The summed E-state index contributed by atoms with van der Waals surface area (Å²) in [4.78, 5) is 13.7. The number of aliphatic hydroxyl groups is 1. The summed E-state index contributed by atoms with van der Waals surface area (Å²) in [5, 5.41) is 34.7. The predicted molar refractivity (Wildman–Crippen MR) is 191 cm³/mol. The summed E-state index contributed by atoms with van der Waals surface area (Å²) in [6.07, 6.45) is 3.68. The summed E-state index contributed by atoms with van der Waals surface area (Å²) in [7, 11) is -2.80. The lowest BCUT2D eigenvalue weighted by atomic mass is 10.4. The molecule has 0 unspecified atom stereocenters. The highest BCUT2D eigenvalue weighted by Gasteiger charge is 2.40. The number of hydrazine groups is 1. The number of amidine groups is 1. The van der Waals surface area contributed by atoms with Crippen molar-refractivity contribution < 1.29 is 9.43 Å². The second-order valence-corrected chi connectivity index (χ2v) is 15.3. The monoisotopic (exact) mass is 674 g/mol. The molecule has 14 heteroatoms.